The van der Waals surface area contributed by atoms with Crippen LogP contribution in [0.3, 0.4) is 0 Å². The van der Waals surface area contributed by atoms with Crippen molar-refractivity contribution in [3.63, 3.8) is 0 Å². The fraction of sp³-hybridized carbons (Fsp3) is 0.385. The molecular weight excluding hydrogens is 246 g/mol. The molecule has 0 saturated carbocycles. The molecule has 1 saturated heterocycles. The second-order valence-electron chi connectivity index (χ2n) is 4.48. The molecule has 1 aromatic carbocycles. The molecule has 3 rings (SSSR count). The van der Waals surface area contributed by atoms with Gasteiger partial charge in [0.2, 0.25) is 0 Å². The first-order chi connectivity index (χ1) is 9.28. The van der Waals surface area contributed by atoms with E-state index in [-0.39, 0.29) is 5.75 Å². The molecule has 6 nitrogen and oxygen atoms in total. The van der Waals surface area contributed by atoms with E-state index in [1.54, 1.807) is 18.2 Å². The lowest BCUT2D eigenvalue weighted by molar-refractivity contribution is 0.373. The molecule has 100 valence electrons. The number of nitrogens with zero attached hydrogens (tertiary/aromatic N) is 3. The Morgan fingerprint density at radius 1 is 1.32 bits per heavy atom. The quantitative estimate of drug-likeness (QED) is 0.911. The Labute approximate surface area is 110 Å². The van der Waals surface area contributed by atoms with Crippen LogP contribution in [0, 0.1) is 0 Å². The average molecular weight is 261 g/mol. The number of hydrogen-bond acceptors (Lipinski definition) is 6. The van der Waals surface area contributed by atoms with Crippen LogP contribution in [0.2, 0.25) is 0 Å². The number of phenolic OH excluding ortho intramolecular Hbond substituents is 1. The number of anilines is 1. The molecule has 0 unspecified atom stereocenters. The zero-order chi connectivity index (χ0) is 13.2. The lowest BCUT2D eigenvalue weighted by atomic mass is 10.2. The number of hydrogen-bond donors (Lipinski definition) is 1. The fourth-order valence-electron chi connectivity index (χ4n) is 2.19. The van der Waals surface area contributed by atoms with E-state index in [4.69, 9.17) is 9.26 Å². The van der Waals surface area contributed by atoms with Crippen LogP contribution in [0.25, 0.3) is 11.5 Å². The van der Waals surface area contributed by atoms with Gasteiger partial charge in [-0.05, 0) is 36.2 Å². The minimum Gasteiger partial charge on any atom is -0.504 e. The van der Waals surface area contributed by atoms with Crippen LogP contribution in [0.5, 0.6) is 11.5 Å². The van der Waals surface area contributed by atoms with Crippen molar-refractivity contribution in [1.29, 1.82) is 0 Å². The molecule has 0 amide bonds. The van der Waals surface area contributed by atoms with E-state index in [2.05, 4.69) is 15.0 Å². The largest absolute Gasteiger partial charge is 0.504 e. The van der Waals surface area contributed by atoms with Crippen LogP contribution in [-0.4, -0.2) is 35.4 Å². The van der Waals surface area contributed by atoms with Crippen LogP contribution < -0.4 is 9.64 Å². The number of aromatic nitrogens is 2. The monoisotopic (exact) mass is 261 g/mol. The second kappa shape index (κ2) is 4.79. The minimum absolute atomic E-state index is 0.0885. The Hall–Kier alpha value is -2.24. The van der Waals surface area contributed by atoms with Crippen molar-refractivity contribution < 1.29 is 14.4 Å². The smallest absolute Gasteiger partial charge is 0.266 e. The lowest BCUT2D eigenvalue weighted by Gasteiger charge is -2.09. The number of benzene rings is 1. The SMILES string of the molecule is COc1cc(-c2nc(N3CCCC3)no2)ccc1O. The average Bonchev–Trinajstić information content (AvgIpc) is 3.10. The molecule has 0 bridgehead atoms. The molecule has 1 N–H and O–H groups in total. The highest BCUT2D eigenvalue weighted by Gasteiger charge is 2.19. The Bertz CT molecular complexity index is 576. The molecule has 1 aromatic heterocycles. The molecule has 2 heterocycles. The molecule has 0 aliphatic carbocycles. The maximum absolute atomic E-state index is 9.56. The number of phenols is 1. The maximum atomic E-state index is 9.56. The summed E-state index contributed by atoms with van der Waals surface area (Å²) in [5.41, 5.74) is 0.729. The normalized spacial score (nSPS) is 14.9. The molecule has 19 heavy (non-hydrogen) atoms. The summed E-state index contributed by atoms with van der Waals surface area (Å²) >= 11 is 0. The third-order valence-electron chi connectivity index (χ3n) is 3.23. The van der Waals surface area contributed by atoms with E-state index < -0.39 is 0 Å². The van der Waals surface area contributed by atoms with Crippen LogP contribution in [0.15, 0.2) is 22.7 Å². The first-order valence-electron chi connectivity index (χ1n) is 6.24. The van der Waals surface area contributed by atoms with Crippen molar-refractivity contribution in [3.05, 3.63) is 18.2 Å². The summed E-state index contributed by atoms with van der Waals surface area (Å²) in [4.78, 5) is 6.48. The number of rotatable bonds is 3. The van der Waals surface area contributed by atoms with Crippen molar-refractivity contribution in [2.24, 2.45) is 0 Å². The molecule has 0 atom stereocenters. The Balaban J connectivity index is 1.89. The predicted octanol–water partition coefficient (Wildman–Crippen LogP) is 2.05. The van der Waals surface area contributed by atoms with E-state index >= 15 is 0 Å². The molecule has 0 radical (unpaired) electrons. The topological polar surface area (TPSA) is 71.6 Å². The number of methoxy groups -OCH3 is 1. The van der Waals surface area contributed by atoms with Crippen LogP contribution in [0.4, 0.5) is 5.95 Å². The van der Waals surface area contributed by atoms with Gasteiger partial charge in [-0.25, -0.2) is 0 Å². The predicted molar refractivity (Wildman–Crippen MR) is 69.4 cm³/mol. The van der Waals surface area contributed by atoms with Gasteiger partial charge in [-0.2, -0.15) is 4.98 Å². The van der Waals surface area contributed by atoms with Gasteiger partial charge >= 0.3 is 0 Å². The summed E-state index contributed by atoms with van der Waals surface area (Å²) in [6, 6.07) is 4.95. The number of aromatic hydroxyl groups is 1. The van der Waals surface area contributed by atoms with Crippen molar-refractivity contribution in [2.75, 3.05) is 25.1 Å². The van der Waals surface area contributed by atoms with Gasteiger partial charge in [-0.1, -0.05) is 0 Å². The Morgan fingerprint density at radius 2 is 2.11 bits per heavy atom. The second-order valence-corrected chi connectivity index (χ2v) is 4.48. The van der Waals surface area contributed by atoms with Gasteiger partial charge in [0.15, 0.2) is 11.5 Å². The van der Waals surface area contributed by atoms with E-state index in [0.717, 1.165) is 31.5 Å². The van der Waals surface area contributed by atoms with E-state index in [1.165, 1.54) is 7.11 Å². The van der Waals surface area contributed by atoms with Gasteiger partial charge in [0, 0.05) is 18.7 Å². The van der Waals surface area contributed by atoms with Gasteiger partial charge < -0.3 is 19.3 Å². The first-order valence-corrected chi connectivity index (χ1v) is 6.24. The Morgan fingerprint density at radius 3 is 2.84 bits per heavy atom. The molecule has 1 aliphatic heterocycles. The van der Waals surface area contributed by atoms with Crippen molar-refractivity contribution >= 4 is 5.95 Å². The van der Waals surface area contributed by atoms with Crippen molar-refractivity contribution in [3.8, 4) is 23.0 Å². The zero-order valence-corrected chi connectivity index (χ0v) is 10.7. The van der Waals surface area contributed by atoms with Crippen LogP contribution in [-0.2, 0) is 0 Å². The third-order valence-corrected chi connectivity index (χ3v) is 3.23. The van der Waals surface area contributed by atoms with Gasteiger partial charge in [-0.3, -0.25) is 0 Å². The molecule has 1 fully saturated rings. The number of ether oxygens (including phenoxy) is 1. The summed E-state index contributed by atoms with van der Waals surface area (Å²) in [7, 11) is 1.50. The minimum atomic E-state index is 0.0885. The van der Waals surface area contributed by atoms with Crippen LogP contribution in [0.1, 0.15) is 12.8 Å². The lowest BCUT2D eigenvalue weighted by Crippen LogP contribution is -2.18. The van der Waals surface area contributed by atoms with Gasteiger partial charge in [0.1, 0.15) is 0 Å². The summed E-state index contributed by atoms with van der Waals surface area (Å²) in [6.45, 7) is 1.94. The van der Waals surface area contributed by atoms with Gasteiger partial charge in [0.25, 0.3) is 11.8 Å². The molecule has 2 aromatic rings. The Kier molecular flexibility index (Phi) is 2.98. The third kappa shape index (κ3) is 2.21. The highest BCUT2D eigenvalue weighted by atomic mass is 16.5. The van der Waals surface area contributed by atoms with Gasteiger partial charge in [0.05, 0.1) is 7.11 Å². The van der Waals surface area contributed by atoms with Gasteiger partial charge in [-0.15, -0.1) is 0 Å². The van der Waals surface area contributed by atoms with E-state index in [0.29, 0.717) is 17.6 Å². The standard InChI is InChI=1S/C13H15N3O3/c1-18-11-8-9(4-5-10(11)17)12-14-13(15-19-12)16-6-2-3-7-16/h4-5,8,17H,2-3,6-7H2,1H3. The molecule has 0 spiro atoms. The maximum Gasteiger partial charge on any atom is 0.266 e. The van der Waals surface area contributed by atoms with E-state index in [1.807, 2.05) is 0 Å². The summed E-state index contributed by atoms with van der Waals surface area (Å²) in [5.74, 6) is 1.53. The fourth-order valence-corrected chi connectivity index (χ4v) is 2.19. The summed E-state index contributed by atoms with van der Waals surface area (Å²) in [5, 5.41) is 13.5. The highest BCUT2D eigenvalue weighted by molar-refractivity contribution is 5.60. The molecule has 6 heteroatoms. The van der Waals surface area contributed by atoms with E-state index in [9.17, 15) is 5.11 Å². The summed E-state index contributed by atoms with van der Waals surface area (Å²) in [6.07, 6.45) is 2.33. The summed E-state index contributed by atoms with van der Waals surface area (Å²) < 4.78 is 10.3. The first kappa shape index (κ1) is 11.8. The molecular formula is C13H15N3O3. The zero-order valence-electron chi connectivity index (χ0n) is 10.7. The van der Waals surface area contributed by atoms with Crippen LogP contribution >= 0.6 is 0 Å². The highest BCUT2D eigenvalue weighted by Crippen LogP contribution is 2.31. The van der Waals surface area contributed by atoms with Crippen molar-refractivity contribution in [1.82, 2.24) is 10.1 Å². The molecule has 1 aliphatic rings. The van der Waals surface area contributed by atoms with Crippen molar-refractivity contribution in [2.45, 2.75) is 12.8 Å².